The van der Waals surface area contributed by atoms with Crippen LogP contribution < -0.4 is 5.63 Å². The maximum absolute atomic E-state index is 11.2. The van der Waals surface area contributed by atoms with Gasteiger partial charge < -0.3 is 4.42 Å². The van der Waals surface area contributed by atoms with Crippen molar-refractivity contribution in [3.8, 4) is 6.07 Å². The predicted octanol–water partition coefficient (Wildman–Crippen LogP) is 3.20. The first kappa shape index (κ1) is 11.4. The maximum Gasteiger partial charge on any atom is 0.336 e. The standard InChI is InChI=1S/C12H12BrNO2/c13-10-5-11(16-12(15)6-10)9-3-1-8(7-14)2-4-9/h5-6,8-9H,1-4H2. The first-order chi connectivity index (χ1) is 7.69. The van der Waals surface area contributed by atoms with Gasteiger partial charge in [0.15, 0.2) is 0 Å². The molecule has 1 saturated carbocycles. The number of nitriles is 1. The van der Waals surface area contributed by atoms with E-state index in [2.05, 4.69) is 22.0 Å². The third-order valence-electron chi connectivity index (χ3n) is 3.07. The van der Waals surface area contributed by atoms with Crippen molar-refractivity contribution in [2.24, 2.45) is 5.92 Å². The summed E-state index contributed by atoms with van der Waals surface area (Å²) >= 11 is 3.29. The van der Waals surface area contributed by atoms with E-state index < -0.39 is 0 Å². The monoisotopic (exact) mass is 281 g/mol. The highest BCUT2D eigenvalue weighted by atomic mass is 79.9. The topological polar surface area (TPSA) is 54.0 Å². The molecule has 0 spiro atoms. The van der Waals surface area contributed by atoms with Gasteiger partial charge in [0.1, 0.15) is 5.76 Å². The van der Waals surface area contributed by atoms with Gasteiger partial charge >= 0.3 is 5.63 Å². The Morgan fingerprint density at radius 3 is 2.56 bits per heavy atom. The Kier molecular flexibility index (Phi) is 3.45. The average Bonchev–Trinajstić information content (AvgIpc) is 2.28. The van der Waals surface area contributed by atoms with E-state index in [1.165, 1.54) is 6.07 Å². The summed E-state index contributed by atoms with van der Waals surface area (Å²) in [6, 6.07) is 5.58. The van der Waals surface area contributed by atoms with Crippen LogP contribution in [0.4, 0.5) is 0 Å². The van der Waals surface area contributed by atoms with Crippen LogP contribution in [0.3, 0.4) is 0 Å². The van der Waals surface area contributed by atoms with Crippen LogP contribution in [-0.2, 0) is 0 Å². The lowest BCUT2D eigenvalue weighted by Crippen LogP contribution is -2.13. The average molecular weight is 282 g/mol. The highest BCUT2D eigenvalue weighted by molar-refractivity contribution is 9.10. The minimum absolute atomic E-state index is 0.176. The quantitative estimate of drug-likeness (QED) is 0.794. The molecule has 0 unspecified atom stereocenters. The van der Waals surface area contributed by atoms with Gasteiger partial charge in [-0.15, -0.1) is 0 Å². The van der Waals surface area contributed by atoms with Crippen LogP contribution in [-0.4, -0.2) is 0 Å². The Bertz CT molecular complexity index is 467. The smallest absolute Gasteiger partial charge is 0.336 e. The fourth-order valence-electron chi connectivity index (χ4n) is 2.17. The summed E-state index contributed by atoms with van der Waals surface area (Å²) in [5.41, 5.74) is -0.313. The number of halogens is 1. The van der Waals surface area contributed by atoms with Gasteiger partial charge in [-0.05, 0) is 31.7 Å². The number of nitrogens with zero attached hydrogens (tertiary/aromatic N) is 1. The molecule has 1 aromatic heterocycles. The fraction of sp³-hybridized carbons (Fsp3) is 0.500. The van der Waals surface area contributed by atoms with Crippen molar-refractivity contribution in [1.29, 1.82) is 5.26 Å². The summed E-state index contributed by atoms with van der Waals surface area (Å²) in [6.45, 7) is 0. The van der Waals surface area contributed by atoms with E-state index in [0.717, 1.165) is 35.9 Å². The summed E-state index contributed by atoms with van der Waals surface area (Å²) < 4.78 is 5.96. The largest absolute Gasteiger partial charge is 0.428 e. The van der Waals surface area contributed by atoms with Gasteiger partial charge in [-0.3, -0.25) is 0 Å². The minimum atomic E-state index is -0.313. The van der Waals surface area contributed by atoms with Crippen molar-refractivity contribution in [2.75, 3.05) is 0 Å². The Hall–Kier alpha value is -1.08. The minimum Gasteiger partial charge on any atom is -0.428 e. The highest BCUT2D eigenvalue weighted by Gasteiger charge is 2.24. The van der Waals surface area contributed by atoms with Crippen molar-refractivity contribution in [1.82, 2.24) is 0 Å². The molecule has 2 rings (SSSR count). The van der Waals surface area contributed by atoms with Crippen molar-refractivity contribution < 1.29 is 4.42 Å². The summed E-state index contributed by atoms with van der Waals surface area (Å²) in [7, 11) is 0. The molecule has 84 valence electrons. The summed E-state index contributed by atoms with van der Waals surface area (Å²) in [5.74, 6) is 1.21. The normalized spacial score (nSPS) is 25.0. The van der Waals surface area contributed by atoms with Gasteiger partial charge in [-0.1, -0.05) is 15.9 Å². The summed E-state index contributed by atoms with van der Waals surface area (Å²) in [5, 5.41) is 8.81. The van der Waals surface area contributed by atoms with Crippen molar-refractivity contribution >= 4 is 15.9 Å². The molecule has 0 bridgehead atoms. The molecular weight excluding hydrogens is 270 g/mol. The van der Waals surface area contributed by atoms with Gasteiger partial charge in [0.2, 0.25) is 0 Å². The van der Waals surface area contributed by atoms with Gasteiger partial charge in [-0.25, -0.2) is 4.79 Å². The third kappa shape index (κ3) is 2.53. The molecule has 1 aliphatic carbocycles. The van der Waals surface area contributed by atoms with Crippen LogP contribution in [0.15, 0.2) is 25.8 Å². The highest BCUT2D eigenvalue weighted by Crippen LogP contribution is 2.35. The molecule has 0 aliphatic heterocycles. The molecule has 3 nitrogen and oxygen atoms in total. The van der Waals surface area contributed by atoms with Crippen LogP contribution in [0.25, 0.3) is 0 Å². The Balaban J connectivity index is 2.14. The first-order valence-electron chi connectivity index (χ1n) is 5.39. The molecule has 0 N–H and O–H groups in total. The summed E-state index contributed by atoms with van der Waals surface area (Å²) in [6.07, 6.45) is 3.66. The molecule has 4 heteroatoms. The van der Waals surface area contributed by atoms with Gasteiger partial charge in [-0.2, -0.15) is 5.26 Å². The lowest BCUT2D eigenvalue weighted by molar-refractivity contribution is 0.325. The molecule has 0 atom stereocenters. The van der Waals surface area contributed by atoms with Gasteiger partial charge in [0, 0.05) is 22.4 Å². The third-order valence-corrected chi connectivity index (χ3v) is 3.52. The molecule has 16 heavy (non-hydrogen) atoms. The van der Waals surface area contributed by atoms with E-state index in [-0.39, 0.29) is 17.5 Å². The molecule has 1 fully saturated rings. The zero-order chi connectivity index (χ0) is 11.5. The molecule has 1 aromatic rings. The zero-order valence-corrected chi connectivity index (χ0v) is 10.4. The van der Waals surface area contributed by atoms with E-state index in [1.54, 1.807) is 0 Å². The molecule has 0 radical (unpaired) electrons. The Morgan fingerprint density at radius 1 is 1.31 bits per heavy atom. The lowest BCUT2D eigenvalue weighted by atomic mass is 9.81. The fourth-order valence-corrected chi connectivity index (χ4v) is 2.59. The molecule has 0 aromatic carbocycles. The second-order valence-corrected chi connectivity index (χ2v) is 5.09. The van der Waals surface area contributed by atoms with Crippen molar-refractivity contribution in [3.63, 3.8) is 0 Å². The van der Waals surface area contributed by atoms with Crippen molar-refractivity contribution in [2.45, 2.75) is 31.6 Å². The van der Waals surface area contributed by atoms with E-state index in [0.29, 0.717) is 0 Å². The van der Waals surface area contributed by atoms with Crippen LogP contribution in [0, 0.1) is 17.2 Å². The van der Waals surface area contributed by atoms with E-state index >= 15 is 0 Å². The second-order valence-electron chi connectivity index (χ2n) is 4.17. The number of rotatable bonds is 1. The van der Waals surface area contributed by atoms with Crippen LogP contribution in [0.5, 0.6) is 0 Å². The van der Waals surface area contributed by atoms with Gasteiger partial charge in [0.25, 0.3) is 0 Å². The molecule has 1 heterocycles. The number of hydrogen-bond donors (Lipinski definition) is 0. The van der Waals surface area contributed by atoms with Gasteiger partial charge in [0.05, 0.1) is 6.07 Å². The second kappa shape index (κ2) is 4.84. The number of hydrogen-bond acceptors (Lipinski definition) is 3. The SMILES string of the molecule is N#CC1CCC(c2cc(Br)cc(=O)o2)CC1. The van der Waals surface area contributed by atoms with E-state index in [9.17, 15) is 4.79 Å². The maximum atomic E-state index is 11.2. The zero-order valence-electron chi connectivity index (χ0n) is 8.78. The molecule has 0 saturated heterocycles. The molecule has 1 aliphatic rings. The molecule has 0 amide bonds. The van der Waals surface area contributed by atoms with Crippen LogP contribution >= 0.6 is 15.9 Å². The predicted molar refractivity (Wildman–Crippen MR) is 63.0 cm³/mol. The van der Waals surface area contributed by atoms with Crippen LogP contribution in [0.2, 0.25) is 0 Å². The van der Waals surface area contributed by atoms with Crippen LogP contribution in [0.1, 0.15) is 37.4 Å². The summed E-state index contributed by atoms with van der Waals surface area (Å²) in [4.78, 5) is 11.2. The van der Waals surface area contributed by atoms with Crippen molar-refractivity contribution in [3.05, 3.63) is 32.8 Å². The van der Waals surface area contributed by atoms with E-state index in [4.69, 9.17) is 9.68 Å². The van der Waals surface area contributed by atoms with E-state index in [1.807, 2.05) is 6.07 Å². The lowest BCUT2D eigenvalue weighted by Gasteiger charge is -2.23. The molecular formula is C12H12BrNO2. The Morgan fingerprint density at radius 2 is 2.00 bits per heavy atom. The Labute approximate surface area is 102 Å². The first-order valence-corrected chi connectivity index (χ1v) is 6.18.